The Hall–Kier alpha value is -1.56. The molecule has 1 saturated heterocycles. The van der Waals surface area contributed by atoms with E-state index in [2.05, 4.69) is 10.6 Å². The molecule has 0 spiro atoms. The van der Waals surface area contributed by atoms with Crippen molar-refractivity contribution < 1.29 is 18.0 Å². The van der Waals surface area contributed by atoms with Gasteiger partial charge in [0.2, 0.25) is 0 Å². The molecule has 2 N–H and O–H groups in total. The van der Waals surface area contributed by atoms with E-state index >= 15 is 0 Å². The molecule has 1 aromatic carbocycles. The highest BCUT2D eigenvalue weighted by Gasteiger charge is 2.41. The lowest BCUT2D eigenvalue weighted by Crippen LogP contribution is -2.54. The molecule has 0 saturated carbocycles. The largest absolute Gasteiger partial charge is 0.471 e. The molecule has 2 rings (SSSR count). The summed E-state index contributed by atoms with van der Waals surface area (Å²) in [6, 6.07) is 7.58. The van der Waals surface area contributed by atoms with Crippen LogP contribution in [-0.2, 0) is 4.79 Å². The lowest BCUT2D eigenvalue weighted by atomic mass is 9.83. The number of halogens is 3. The van der Waals surface area contributed by atoms with Crippen molar-refractivity contribution in [1.82, 2.24) is 10.6 Å². The zero-order chi connectivity index (χ0) is 15.6. The zero-order valence-corrected chi connectivity index (χ0v) is 12.0. The summed E-state index contributed by atoms with van der Waals surface area (Å²) in [6.45, 7) is 4.34. The predicted molar refractivity (Wildman–Crippen MR) is 74.0 cm³/mol. The van der Waals surface area contributed by atoms with Crippen LogP contribution in [0.25, 0.3) is 0 Å². The second-order valence-corrected chi connectivity index (χ2v) is 5.62. The smallest absolute Gasteiger partial charge is 0.344 e. The molecule has 1 aliphatic rings. The number of amides is 1. The van der Waals surface area contributed by atoms with Crippen molar-refractivity contribution in [3.63, 3.8) is 0 Å². The number of carbonyl (C=O) groups is 1. The van der Waals surface area contributed by atoms with Gasteiger partial charge in [0, 0.05) is 24.5 Å². The van der Waals surface area contributed by atoms with Gasteiger partial charge in [-0.15, -0.1) is 0 Å². The molecule has 116 valence electrons. The van der Waals surface area contributed by atoms with Crippen molar-refractivity contribution in [3.05, 3.63) is 35.4 Å². The Labute approximate surface area is 121 Å². The van der Waals surface area contributed by atoms with Crippen molar-refractivity contribution in [2.75, 3.05) is 6.54 Å². The van der Waals surface area contributed by atoms with Crippen molar-refractivity contribution in [2.45, 2.75) is 44.4 Å². The van der Waals surface area contributed by atoms with Crippen molar-refractivity contribution in [1.29, 1.82) is 0 Å². The van der Waals surface area contributed by atoms with Crippen LogP contribution in [0.5, 0.6) is 0 Å². The minimum atomic E-state index is -4.83. The van der Waals surface area contributed by atoms with Crippen LogP contribution in [0.3, 0.4) is 0 Å². The first-order valence-electron chi connectivity index (χ1n) is 6.95. The Morgan fingerprint density at radius 2 is 2.10 bits per heavy atom. The molecule has 1 heterocycles. The summed E-state index contributed by atoms with van der Waals surface area (Å²) in [4.78, 5) is 11.0. The molecule has 6 heteroatoms. The molecule has 1 amide bonds. The molecule has 1 fully saturated rings. The standard InChI is InChI=1S/C15H19F3N2O/c1-9-4-3-5-11(6-9)13-7-12(8-19-10(13)2)20-14(21)15(16,17)18/h3-6,10,12-13,19H,7-8H2,1-2H3,(H,20,21). The molecule has 3 nitrogen and oxygen atoms in total. The van der Waals surface area contributed by atoms with Gasteiger partial charge < -0.3 is 10.6 Å². The summed E-state index contributed by atoms with van der Waals surface area (Å²) in [5.74, 6) is -1.79. The van der Waals surface area contributed by atoms with E-state index in [4.69, 9.17) is 0 Å². The van der Waals surface area contributed by atoms with Gasteiger partial charge in [0.05, 0.1) is 0 Å². The SMILES string of the molecule is Cc1cccc(C2CC(NC(=O)C(F)(F)F)CNC2C)c1. The van der Waals surface area contributed by atoms with Crippen LogP contribution in [0, 0.1) is 6.92 Å². The lowest BCUT2D eigenvalue weighted by Gasteiger charge is -2.36. The van der Waals surface area contributed by atoms with Gasteiger partial charge in [0.25, 0.3) is 0 Å². The van der Waals surface area contributed by atoms with Crippen LogP contribution in [0.4, 0.5) is 13.2 Å². The van der Waals surface area contributed by atoms with E-state index in [1.54, 1.807) is 0 Å². The topological polar surface area (TPSA) is 41.1 Å². The maximum atomic E-state index is 12.3. The van der Waals surface area contributed by atoms with Crippen LogP contribution in [-0.4, -0.2) is 30.7 Å². The van der Waals surface area contributed by atoms with Crippen LogP contribution >= 0.6 is 0 Å². The molecular weight excluding hydrogens is 281 g/mol. The molecule has 1 aromatic rings. The summed E-state index contributed by atoms with van der Waals surface area (Å²) in [7, 11) is 0. The summed E-state index contributed by atoms with van der Waals surface area (Å²) in [5.41, 5.74) is 2.20. The van der Waals surface area contributed by atoms with Crippen LogP contribution in [0.2, 0.25) is 0 Å². The highest BCUT2D eigenvalue weighted by atomic mass is 19.4. The van der Waals surface area contributed by atoms with E-state index in [9.17, 15) is 18.0 Å². The maximum Gasteiger partial charge on any atom is 0.471 e. The lowest BCUT2D eigenvalue weighted by molar-refractivity contribution is -0.174. The first kappa shape index (κ1) is 15.8. The summed E-state index contributed by atoms with van der Waals surface area (Å²) in [5, 5.41) is 5.24. The number of benzene rings is 1. The third kappa shape index (κ3) is 3.97. The molecule has 0 bridgehead atoms. The Morgan fingerprint density at radius 3 is 2.71 bits per heavy atom. The number of nitrogens with one attached hydrogen (secondary N) is 2. The minimum absolute atomic E-state index is 0.0807. The van der Waals surface area contributed by atoms with Gasteiger partial charge in [0.15, 0.2) is 0 Å². The van der Waals surface area contributed by atoms with Gasteiger partial charge in [-0.3, -0.25) is 4.79 Å². The Balaban J connectivity index is 2.08. The Kier molecular flexibility index (Phi) is 4.56. The third-order valence-corrected chi connectivity index (χ3v) is 3.89. The number of aryl methyl sites for hydroxylation is 1. The Bertz CT molecular complexity index is 516. The molecule has 3 atom stereocenters. The molecular formula is C15H19F3N2O. The van der Waals surface area contributed by atoms with Gasteiger partial charge in [-0.25, -0.2) is 0 Å². The highest BCUT2D eigenvalue weighted by Crippen LogP contribution is 2.29. The van der Waals surface area contributed by atoms with E-state index in [0.29, 0.717) is 13.0 Å². The molecule has 0 aliphatic carbocycles. The number of rotatable bonds is 2. The predicted octanol–water partition coefficient (Wildman–Crippen LogP) is 2.51. The van der Waals surface area contributed by atoms with E-state index in [1.165, 1.54) is 0 Å². The molecule has 1 aliphatic heterocycles. The van der Waals surface area contributed by atoms with Crippen LogP contribution in [0.15, 0.2) is 24.3 Å². The van der Waals surface area contributed by atoms with Gasteiger partial charge >= 0.3 is 12.1 Å². The average molecular weight is 300 g/mol. The van der Waals surface area contributed by atoms with Crippen molar-refractivity contribution >= 4 is 5.91 Å². The number of hydrogen-bond acceptors (Lipinski definition) is 2. The normalized spacial score (nSPS) is 26.4. The fourth-order valence-electron chi connectivity index (χ4n) is 2.77. The van der Waals surface area contributed by atoms with Gasteiger partial charge in [-0.1, -0.05) is 29.8 Å². The van der Waals surface area contributed by atoms with Gasteiger partial charge in [-0.05, 0) is 25.8 Å². The quantitative estimate of drug-likeness (QED) is 0.881. The molecule has 21 heavy (non-hydrogen) atoms. The van der Waals surface area contributed by atoms with Crippen LogP contribution in [0.1, 0.15) is 30.4 Å². The second kappa shape index (κ2) is 6.05. The number of carbonyl (C=O) groups excluding carboxylic acids is 1. The highest BCUT2D eigenvalue weighted by molar-refractivity contribution is 5.82. The van der Waals surface area contributed by atoms with Crippen molar-refractivity contribution in [2.24, 2.45) is 0 Å². The average Bonchev–Trinajstić information content (AvgIpc) is 2.39. The number of alkyl halides is 3. The van der Waals surface area contributed by atoms with E-state index in [1.807, 2.05) is 38.1 Å². The molecule has 0 radical (unpaired) electrons. The van der Waals surface area contributed by atoms with E-state index in [-0.39, 0.29) is 12.0 Å². The maximum absolute atomic E-state index is 12.3. The second-order valence-electron chi connectivity index (χ2n) is 5.62. The van der Waals surface area contributed by atoms with E-state index in [0.717, 1.165) is 11.1 Å². The summed E-state index contributed by atoms with van der Waals surface area (Å²) >= 11 is 0. The van der Waals surface area contributed by atoms with E-state index < -0.39 is 18.1 Å². The monoisotopic (exact) mass is 300 g/mol. The fourth-order valence-corrected chi connectivity index (χ4v) is 2.77. The number of hydrogen-bond donors (Lipinski definition) is 2. The van der Waals surface area contributed by atoms with Crippen molar-refractivity contribution in [3.8, 4) is 0 Å². The van der Waals surface area contributed by atoms with Gasteiger partial charge in [-0.2, -0.15) is 13.2 Å². The van der Waals surface area contributed by atoms with Gasteiger partial charge in [0.1, 0.15) is 0 Å². The van der Waals surface area contributed by atoms with Crippen LogP contribution < -0.4 is 10.6 Å². The molecule has 0 aromatic heterocycles. The fraction of sp³-hybridized carbons (Fsp3) is 0.533. The summed E-state index contributed by atoms with van der Waals surface area (Å²) < 4.78 is 37.0. The summed E-state index contributed by atoms with van der Waals surface area (Å²) in [6.07, 6.45) is -4.33. The molecule has 3 unspecified atom stereocenters. The Morgan fingerprint density at radius 1 is 1.38 bits per heavy atom. The first-order valence-corrected chi connectivity index (χ1v) is 6.95. The third-order valence-electron chi connectivity index (χ3n) is 3.89. The zero-order valence-electron chi connectivity index (χ0n) is 12.0. The number of piperidine rings is 1. The minimum Gasteiger partial charge on any atom is -0.344 e. The first-order chi connectivity index (χ1) is 9.77.